The smallest absolute Gasteiger partial charge is 0.253 e. The number of benzene rings is 7. The Bertz CT molecular complexity index is 3370. The molecule has 7 aromatic carbocycles. The Kier molecular flexibility index (Phi) is 5.14. The van der Waals surface area contributed by atoms with E-state index in [9.17, 15) is 0 Å². The number of rotatable bonds is 3. The van der Waals surface area contributed by atoms with Crippen molar-refractivity contribution >= 4 is 76.6 Å². The number of para-hydroxylation sites is 3. The van der Waals surface area contributed by atoms with Gasteiger partial charge in [-0.1, -0.05) is 115 Å². The summed E-state index contributed by atoms with van der Waals surface area (Å²) in [7, 11) is 0. The zero-order valence-corrected chi connectivity index (χ0v) is 27.2. The first-order chi connectivity index (χ1) is 25.3. The zero-order valence-electron chi connectivity index (χ0n) is 27.2. The molecule has 0 N–H and O–H groups in total. The third-order valence-electron chi connectivity index (χ3n) is 10.6. The summed E-state index contributed by atoms with van der Waals surface area (Å²) in [4.78, 5) is 10.1. The number of hydrogen-bond acceptors (Lipinski definition) is 3. The minimum absolute atomic E-state index is 0.575. The van der Waals surface area contributed by atoms with E-state index in [1.54, 1.807) is 0 Å². The van der Waals surface area contributed by atoms with E-state index in [0.717, 1.165) is 33.4 Å². The third-order valence-corrected chi connectivity index (χ3v) is 10.6. The van der Waals surface area contributed by atoms with Crippen LogP contribution in [0.2, 0.25) is 0 Å². The van der Waals surface area contributed by atoms with Crippen molar-refractivity contribution in [2.45, 2.75) is 0 Å². The average molecular weight is 651 g/mol. The van der Waals surface area contributed by atoms with Crippen molar-refractivity contribution in [2.75, 3.05) is 0 Å². The summed E-state index contributed by atoms with van der Waals surface area (Å²) in [6.45, 7) is 0. The standard InChI is InChI=1S/C45H26N6/c1-2-12-27(13-3-1)42-34-18-6-9-22-37(34)51-45(46-42)47-44(48-51)28-14-10-15-29(26-28)49-38-23-11-19-32-30-16-4-7-20-35(30)50-36-21-8-5-17-31(36)33-24-25-39(49)41(40(32)38)43(33)50/h1-26H. The Labute approximate surface area is 290 Å². The summed E-state index contributed by atoms with van der Waals surface area (Å²) >= 11 is 0. The Morgan fingerprint density at radius 3 is 1.86 bits per heavy atom. The molecule has 12 aromatic rings. The first kappa shape index (κ1) is 26.9. The van der Waals surface area contributed by atoms with E-state index in [1.165, 1.54) is 59.9 Å². The van der Waals surface area contributed by atoms with Crippen LogP contribution in [-0.2, 0) is 0 Å². The lowest BCUT2D eigenvalue weighted by Crippen LogP contribution is -1.97. The van der Waals surface area contributed by atoms with E-state index >= 15 is 0 Å². The fourth-order valence-corrected chi connectivity index (χ4v) is 8.53. The van der Waals surface area contributed by atoms with Crippen molar-refractivity contribution in [2.24, 2.45) is 0 Å². The zero-order chi connectivity index (χ0) is 33.2. The van der Waals surface area contributed by atoms with Gasteiger partial charge in [0.05, 0.1) is 38.8 Å². The van der Waals surface area contributed by atoms with E-state index < -0.39 is 0 Å². The summed E-state index contributed by atoms with van der Waals surface area (Å²) in [6.07, 6.45) is 0. The van der Waals surface area contributed by atoms with Gasteiger partial charge in [0.1, 0.15) is 0 Å². The third kappa shape index (κ3) is 3.52. The summed E-state index contributed by atoms with van der Waals surface area (Å²) in [5.74, 6) is 1.21. The van der Waals surface area contributed by atoms with Crippen molar-refractivity contribution in [3.05, 3.63) is 158 Å². The van der Waals surface area contributed by atoms with Crippen LogP contribution in [0.1, 0.15) is 0 Å². The van der Waals surface area contributed by atoms with Crippen LogP contribution in [0.5, 0.6) is 0 Å². The van der Waals surface area contributed by atoms with Crippen LogP contribution >= 0.6 is 0 Å². The topological polar surface area (TPSA) is 52.4 Å². The van der Waals surface area contributed by atoms with Gasteiger partial charge in [0, 0.05) is 49.1 Å². The molecule has 0 bridgehead atoms. The number of hydrogen-bond donors (Lipinski definition) is 0. The highest BCUT2D eigenvalue weighted by atomic mass is 15.3. The molecule has 0 spiro atoms. The maximum absolute atomic E-state index is 5.05. The quantitative estimate of drug-likeness (QED) is 0.191. The first-order valence-corrected chi connectivity index (χ1v) is 17.2. The molecule has 236 valence electrons. The normalized spacial score (nSPS) is 12.3. The van der Waals surface area contributed by atoms with E-state index in [4.69, 9.17) is 15.1 Å². The van der Waals surface area contributed by atoms with E-state index in [0.29, 0.717) is 11.6 Å². The summed E-state index contributed by atoms with van der Waals surface area (Å²) in [6, 6.07) is 56.1. The second-order valence-corrected chi connectivity index (χ2v) is 13.3. The van der Waals surface area contributed by atoms with Crippen molar-refractivity contribution in [1.29, 1.82) is 0 Å². The van der Waals surface area contributed by atoms with E-state index in [1.807, 2.05) is 34.8 Å². The van der Waals surface area contributed by atoms with Gasteiger partial charge in [0.2, 0.25) is 0 Å². The average Bonchev–Trinajstić information content (AvgIpc) is 3.86. The van der Waals surface area contributed by atoms with Crippen molar-refractivity contribution in [3.63, 3.8) is 0 Å². The molecule has 0 radical (unpaired) electrons. The van der Waals surface area contributed by atoms with Gasteiger partial charge >= 0.3 is 0 Å². The molecule has 0 amide bonds. The van der Waals surface area contributed by atoms with Gasteiger partial charge in [-0.15, -0.1) is 5.10 Å². The molecule has 0 fully saturated rings. The van der Waals surface area contributed by atoms with Gasteiger partial charge in [-0.05, 0) is 47.9 Å². The molecule has 6 nitrogen and oxygen atoms in total. The van der Waals surface area contributed by atoms with Crippen LogP contribution < -0.4 is 0 Å². The van der Waals surface area contributed by atoms with E-state index in [-0.39, 0.29) is 0 Å². The maximum Gasteiger partial charge on any atom is 0.253 e. The molecule has 0 saturated heterocycles. The van der Waals surface area contributed by atoms with Gasteiger partial charge in [0.25, 0.3) is 5.78 Å². The van der Waals surface area contributed by atoms with Gasteiger partial charge in [0.15, 0.2) is 5.82 Å². The largest absolute Gasteiger partial charge is 0.309 e. The molecular formula is C45H26N6. The lowest BCUT2D eigenvalue weighted by Gasteiger charge is -2.10. The maximum atomic E-state index is 5.05. The summed E-state index contributed by atoms with van der Waals surface area (Å²) < 4.78 is 6.75. The lowest BCUT2D eigenvalue weighted by atomic mass is 10.0. The molecular weight excluding hydrogens is 625 g/mol. The molecule has 5 aromatic heterocycles. The molecule has 0 aliphatic rings. The molecule has 0 atom stereocenters. The first-order valence-electron chi connectivity index (χ1n) is 17.2. The van der Waals surface area contributed by atoms with Crippen molar-refractivity contribution in [1.82, 2.24) is 28.5 Å². The molecule has 51 heavy (non-hydrogen) atoms. The second-order valence-electron chi connectivity index (χ2n) is 13.3. The van der Waals surface area contributed by atoms with Gasteiger partial charge in [-0.2, -0.15) is 9.50 Å². The lowest BCUT2D eigenvalue weighted by molar-refractivity contribution is 0.988. The van der Waals surface area contributed by atoms with Crippen LogP contribution in [0.15, 0.2) is 158 Å². The Morgan fingerprint density at radius 2 is 1.04 bits per heavy atom. The summed E-state index contributed by atoms with van der Waals surface area (Å²) in [5, 5.41) is 13.6. The fourth-order valence-electron chi connectivity index (χ4n) is 8.53. The van der Waals surface area contributed by atoms with Crippen molar-refractivity contribution in [3.8, 4) is 28.3 Å². The Hall–Kier alpha value is -7.05. The SMILES string of the molecule is c1ccc(-c2nc3nc(-c4cccc(-n5c6cccc7c8ccccc8n8c9ccccc9c9ccc5c(c76)c98)c4)nn3c3ccccc23)cc1. The van der Waals surface area contributed by atoms with Crippen LogP contribution in [0.25, 0.3) is 105 Å². The number of aromatic nitrogens is 6. The van der Waals surface area contributed by atoms with Gasteiger partial charge < -0.3 is 8.97 Å². The van der Waals surface area contributed by atoms with E-state index in [2.05, 4.69) is 136 Å². The van der Waals surface area contributed by atoms with Crippen LogP contribution in [-0.4, -0.2) is 28.5 Å². The van der Waals surface area contributed by atoms with Gasteiger partial charge in [-0.25, -0.2) is 4.98 Å². The molecule has 5 heterocycles. The van der Waals surface area contributed by atoms with Crippen LogP contribution in [0.3, 0.4) is 0 Å². The Balaban J connectivity index is 1.14. The molecule has 0 aliphatic carbocycles. The monoisotopic (exact) mass is 650 g/mol. The van der Waals surface area contributed by atoms with Crippen LogP contribution in [0.4, 0.5) is 0 Å². The Morgan fingerprint density at radius 1 is 0.412 bits per heavy atom. The highest BCUT2D eigenvalue weighted by molar-refractivity contribution is 6.33. The highest BCUT2D eigenvalue weighted by Crippen LogP contribution is 2.45. The van der Waals surface area contributed by atoms with Gasteiger partial charge in [-0.3, -0.25) is 0 Å². The van der Waals surface area contributed by atoms with Crippen LogP contribution in [0, 0.1) is 0 Å². The molecule has 0 aliphatic heterocycles. The molecule has 0 saturated carbocycles. The molecule has 12 rings (SSSR count). The number of fused-ring (bicyclic) bond motifs is 9. The minimum atomic E-state index is 0.575. The predicted molar refractivity (Wildman–Crippen MR) is 208 cm³/mol. The second kappa shape index (κ2) is 9.77. The molecule has 6 heteroatoms. The predicted octanol–water partition coefficient (Wildman–Crippen LogP) is 10.9. The minimum Gasteiger partial charge on any atom is -0.309 e. The highest BCUT2D eigenvalue weighted by Gasteiger charge is 2.23. The molecule has 0 unspecified atom stereocenters. The van der Waals surface area contributed by atoms with Crippen molar-refractivity contribution < 1.29 is 0 Å². The fraction of sp³-hybridized carbons (Fsp3) is 0. The summed E-state index contributed by atoms with van der Waals surface area (Å²) in [5.41, 5.74) is 10.9. The number of nitrogens with zero attached hydrogens (tertiary/aromatic N) is 6.